The predicted octanol–water partition coefficient (Wildman–Crippen LogP) is 3.67. The van der Waals surface area contributed by atoms with Crippen LogP contribution in [0.2, 0.25) is 0 Å². The number of amides is 1. The molecule has 140 valence electrons. The van der Waals surface area contributed by atoms with Gasteiger partial charge in [0.25, 0.3) is 5.91 Å². The van der Waals surface area contributed by atoms with Crippen molar-refractivity contribution in [1.29, 1.82) is 0 Å². The van der Waals surface area contributed by atoms with Crippen LogP contribution < -0.4 is 5.32 Å². The minimum atomic E-state index is -0.504. The maximum absolute atomic E-state index is 12.1. The van der Waals surface area contributed by atoms with Crippen LogP contribution in [0.15, 0.2) is 53.9 Å². The third-order valence-electron chi connectivity index (χ3n) is 4.24. The molecule has 6 heteroatoms. The zero-order valence-electron chi connectivity index (χ0n) is 15.4. The number of hydrogen-bond acceptors (Lipinski definition) is 4. The van der Waals surface area contributed by atoms with Gasteiger partial charge in [-0.2, -0.15) is 0 Å². The van der Waals surface area contributed by atoms with Crippen LogP contribution >= 0.6 is 11.3 Å². The second-order valence-electron chi connectivity index (χ2n) is 6.25. The van der Waals surface area contributed by atoms with E-state index >= 15 is 0 Å². The van der Waals surface area contributed by atoms with Gasteiger partial charge in [-0.3, -0.25) is 4.79 Å². The number of aryl methyl sites for hydroxylation is 2. The highest BCUT2D eigenvalue weighted by Gasteiger charge is 2.11. The molecule has 5 nitrogen and oxygen atoms in total. The topological polar surface area (TPSA) is 60.3 Å². The van der Waals surface area contributed by atoms with Crippen LogP contribution in [0.1, 0.15) is 26.6 Å². The fourth-order valence-corrected chi connectivity index (χ4v) is 3.58. The molecule has 0 atom stereocenters. The first-order valence-corrected chi connectivity index (χ1v) is 9.64. The molecule has 0 aliphatic carbocycles. The number of esters is 1. The molecule has 0 spiro atoms. The molecule has 1 aromatic carbocycles. The van der Waals surface area contributed by atoms with Crippen molar-refractivity contribution in [3.63, 3.8) is 0 Å². The molecule has 0 saturated carbocycles. The van der Waals surface area contributed by atoms with E-state index in [0.29, 0.717) is 12.1 Å². The van der Waals surface area contributed by atoms with Gasteiger partial charge in [-0.25, -0.2) is 4.79 Å². The summed E-state index contributed by atoms with van der Waals surface area (Å²) < 4.78 is 7.21. The van der Waals surface area contributed by atoms with Gasteiger partial charge in [0.05, 0.1) is 5.56 Å². The largest absolute Gasteiger partial charge is 0.452 e. The number of thiophene rings is 1. The number of carbonyl (C=O) groups excluding carboxylic acids is 2. The zero-order valence-corrected chi connectivity index (χ0v) is 16.2. The van der Waals surface area contributed by atoms with E-state index < -0.39 is 5.97 Å². The quantitative estimate of drug-likeness (QED) is 0.634. The normalized spacial score (nSPS) is 10.6. The van der Waals surface area contributed by atoms with Crippen molar-refractivity contribution < 1.29 is 14.3 Å². The number of rotatable bonds is 7. The molecule has 1 N–H and O–H groups in total. The van der Waals surface area contributed by atoms with Crippen molar-refractivity contribution >= 4 is 23.2 Å². The molecule has 2 aromatic heterocycles. The van der Waals surface area contributed by atoms with E-state index in [2.05, 4.69) is 22.0 Å². The molecular weight excluding hydrogens is 360 g/mol. The molecule has 0 radical (unpaired) electrons. The lowest BCUT2D eigenvalue weighted by molar-refractivity contribution is -0.124. The summed E-state index contributed by atoms with van der Waals surface area (Å²) in [4.78, 5) is 25.1. The Bertz CT molecular complexity index is 892. The van der Waals surface area contributed by atoms with Gasteiger partial charge in [0, 0.05) is 28.5 Å². The fraction of sp³-hybridized carbons (Fsp3) is 0.238. The van der Waals surface area contributed by atoms with Gasteiger partial charge in [0.2, 0.25) is 0 Å². The molecule has 3 rings (SSSR count). The fourth-order valence-electron chi connectivity index (χ4n) is 2.87. The summed E-state index contributed by atoms with van der Waals surface area (Å²) in [6, 6.07) is 15.3. The highest BCUT2D eigenvalue weighted by molar-refractivity contribution is 7.09. The third kappa shape index (κ3) is 4.86. The van der Waals surface area contributed by atoms with E-state index in [0.717, 1.165) is 23.5 Å². The van der Waals surface area contributed by atoms with Crippen molar-refractivity contribution in [2.45, 2.75) is 20.3 Å². The van der Waals surface area contributed by atoms with Crippen LogP contribution in [0.5, 0.6) is 0 Å². The van der Waals surface area contributed by atoms with Crippen LogP contribution in [0.4, 0.5) is 0 Å². The number of benzene rings is 1. The monoisotopic (exact) mass is 382 g/mol. The molecule has 0 aliphatic heterocycles. The van der Waals surface area contributed by atoms with Crippen LogP contribution in [0.25, 0.3) is 5.69 Å². The summed E-state index contributed by atoms with van der Waals surface area (Å²) in [5.74, 6) is -0.800. The number of ether oxygens (including phenoxy) is 1. The Hall–Kier alpha value is -2.86. The average Bonchev–Trinajstić information content (AvgIpc) is 3.30. The molecule has 0 bridgehead atoms. The lowest BCUT2D eigenvalue weighted by atomic mass is 10.2. The lowest BCUT2D eigenvalue weighted by Gasteiger charge is -2.10. The molecule has 27 heavy (non-hydrogen) atoms. The highest BCUT2D eigenvalue weighted by Crippen LogP contribution is 2.17. The molecule has 3 aromatic rings. The van der Waals surface area contributed by atoms with E-state index in [1.807, 2.05) is 43.5 Å². The van der Waals surface area contributed by atoms with Crippen LogP contribution in [-0.2, 0) is 16.0 Å². The maximum atomic E-state index is 12.1. The van der Waals surface area contributed by atoms with E-state index in [1.54, 1.807) is 23.5 Å². The molecule has 0 fully saturated rings. The summed E-state index contributed by atoms with van der Waals surface area (Å²) in [5, 5.41) is 4.76. The van der Waals surface area contributed by atoms with Crippen molar-refractivity contribution in [3.05, 3.63) is 75.7 Å². The number of nitrogens with zero attached hydrogens (tertiary/aromatic N) is 1. The number of hydrogen-bond donors (Lipinski definition) is 1. The van der Waals surface area contributed by atoms with Gasteiger partial charge < -0.3 is 14.6 Å². The van der Waals surface area contributed by atoms with Crippen LogP contribution in [0.3, 0.4) is 0 Å². The minimum Gasteiger partial charge on any atom is -0.452 e. The first kappa shape index (κ1) is 18.9. The van der Waals surface area contributed by atoms with E-state index in [-0.39, 0.29) is 12.5 Å². The molecule has 0 unspecified atom stereocenters. The van der Waals surface area contributed by atoms with Gasteiger partial charge in [-0.1, -0.05) is 6.07 Å². The SMILES string of the molecule is Cc1ccc(C)n1-c1ccc(C(=O)OCC(=O)NCCc2cccs2)cc1. The van der Waals surface area contributed by atoms with Crippen molar-refractivity contribution in [2.24, 2.45) is 0 Å². The maximum Gasteiger partial charge on any atom is 0.338 e. The highest BCUT2D eigenvalue weighted by atomic mass is 32.1. The lowest BCUT2D eigenvalue weighted by Crippen LogP contribution is -2.30. The van der Waals surface area contributed by atoms with Gasteiger partial charge in [0.15, 0.2) is 6.61 Å². The average molecular weight is 382 g/mol. The smallest absolute Gasteiger partial charge is 0.338 e. The Kier molecular flexibility index (Phi) is 6.08. The molecule has 2 heterocycles. The Labute approximate surface area is 162 Å². The second-order valence-corrected chi connectivity index (χ2v) is 7.29. The van der Waals surface area contributed by atoms with Crippen molar-refractivity contribution in [3.8, 4) is 5.69 Å². The summed E-state index contributed by atoms with van der Waals surface area (Å²) in [6.07, 6.45) is 0.775. The molecular formula is C21H22N2O3S. The van der Waals surface area contributed by atoms with Gasteiger partial charge in [0.1, 0.15) is 0 Å². The van der Waals surface area contributed by atoms with Crippen molar-refractivity contribution in [2.75, 3.05) is 13.2 Å². The summed E-state index contributed by atoms with van der Waals surface area (Å²) in [6.45, 7) is 4.32. The Balaban J connectivity index is 1.48. The summed E-state index contributed by atoms with van der Waals surface area (Å²) in [5.41, 5.74) is 3.66. The van der Waals surface area contributed by atoms with Gasteiger partial charge in [-0.15, -0.1) is 11.3 Å². The molecule has 1 amide bonds. The third-order valence-corrected chi connectivity index (χ3v) is 5.18. The Morgan fingerprint density at radius 3 is 2.37 bits per heavy atom. The zero-order chi connectivity index (χ0) is 19.2. The van der Waals surface area contributed by atoms with E-state index in [4.69, 9.17) is 4.74 Å². The molecule has 0 saturated heterocycles. The first-order chi connectivity index (χ1) is 13.0. The number of aromatic nitrogens is 1. The Morgan fingerprint density at radius 2 is 1.74 bits per heavy atom. The molecule has 0 aliphatic rings. The Morgan fingerprint density at radius 1 is 1.04 bits per heavy atom. The first-order valence-electron chi connectivity index (χ1n) is 8.76. The van der Waals surface area contributed by atoms with E-state index in [9.17, 15) is 9.59 Å². The van der Waals surface area contributed by atoms with E-state index in [1.165, 1.54) is 4.88 Å². The van der Waals surface area contributed by atoms with Crippen molar-refractivity contribution in [1.82, 2.24) is 9.88 Å². The second kappa shape index (κ2) is 8.68. The number of nitrogens with one attached hydrogen (secondary N) is 1. The standard InChI is InChI=1S/C21H22N2O3S/c1-15-5-6-16(2)23(15)18-9-7-17(8-10-18)21(25)26-14-20(24)22-12-11-19-4-3-13-27-19/h3-10,13H,11-12,14H2,1-2H3,(H,22,24). The van der Waals surface area contributed by atoms with Crippen LogP contribution in [0, 0.1) is 13.8 Å². The minimum absolute atomic E-state index is 0.277. The van der Waals surface area contributed by atoms with Gasteiger partial charge in [-0.05, 0) is 68.1 Å². The predicted molar refractivity (Wildman–Crippen MR) is 107 cm³/mol. The van der Waals surface area contributed by atoms with Crippen LogP contribution in [-0.4, -0.2) is 29.6 Å². The summed E-state index contributed by atoms with van der Waals surface area (Å²) >= 11 is 1.65. The van der Waals surface area contributed by atoms with Gasteiger partial charge >= 0.3 is 5.97 Å². The summed E-state index contributed by atoms with van der Waals surface area (Å²) in [7, 11) is 0. The number of carbonyl (C=O) groups is 2.